The molecule has 1 N–H and O–H groups in total. The number of carbonyl (C=O) groups excluding carboxylic acids is 1. The zero-order valence-electron chi connectivity index (χ0n) is 11.1. The SMILES string of the molecule is O=C(C1CCOC1)N1CCC(NCC2CC2)CC1. The lowest BCUT2D eigenvalue weighted by Gasteiger charge is -2.33. The molecule has 1 saturated carbocycles. The molecule has 4 heteroatoms. The van der Waals surface area contributed by atoms with Gasteiger partial charge in [0.2, 0.25) is 5.91 Å². The summed E-state index contributed by atoms with van der Waals surface area (Å²) in [6.45, 7) is 4.44. The van der Waals surface area contributed by atoms with Gasteiger partial charge in [-0.05, 0) is 44.6 Å². The number of nitrogens with zero attached hydrogens (tertiary/aromatic N) is 1. The van der Waals surface area contributed by atoms with Crippen molar-refractivity contribution in [1.29, 1.82) is 0 Å². The van der Waals surface area contributed by atoms with Crippen LogP contribution >= 0.6 is 0 Å². The summed E-state index contributed by atoms with van der Waals surface area (Å²) in [6.07, 6.45) is 5.97. The third kappa shape index (κ3) is 3.04. The van der Waals surface area contributed by atoms with E-state index in [9.17, 15) is 4.79 Å². The molecule has 1 atom stereocenters. The summed E-state index contributed by atoms with van der Waals surface area (Å²) < 4.78 is 5.30. The van der Waals surface area contributed by atoms with Crippen LogP contribution < -0.4 is 5.32 Å². The van der Waals surface area contributed by atoms with E-state index in [1.165, 1.54) is 19.4 Å². The molecule has 3 fully saturated rings. The molecular weight excluding hydrogens is 228 g/mol. The molecule has 18 heavy (non-hydrogen) atoms. The Morgan fingerprint density at radius 2 is 1.94 bits per heavy atom. The summed E-state index contributed by atoms with van der Waals surface area (Å²) in [4.78, 5) is 14.3. The molecule has 1 aliphatic carbocycles. The first-order valence-electron chi connectivity index (χ1n) is 7.43. The Hall–Kier alpha value is -0.610. The predicted molar refractivity (Wildman–Crippen MR) is 69.3 cm³/mol. The average Bonchev–Trinajstić information content (AvgIpc) is 3.08. The fourth-order valence-corrected chi connectivity index (χ4v) is 2.95. The second kappa shape index (κ2) is 5.57. The Bertz CT molecular complexity index is 290. The highest BCUT2D eigenvalue weighted by molar-refractivity contribution is 5.79. The van der Waals surface area contributed by atoms with Crippen LogP contribution in [0.3, 0.4) is 0 Å². The first-order valence-corrected chi connectivity index (χ1v) is 7.43. The number of hydrogen-bond acceptors (Lipinski definition) is 3. The highest BCUT2D eigenvalue weighted by Crippen LogP contribution is 2.28. The standard InChI is InChI=1S/C14H24N2O2/c17-14(12-5-8-18-10-12)16-6-3-13(4-7-16)15-9-11-1-2-11/h11-13,15H,1-10H2. The first-order chi connectivity index (χ1) is 8.83. The Kier molecular flexibility index (Phi) is 3.85. The van der Waals surface area contributed by atoms with Gasteiger partial charge in [0.25, 0.3) is 0 Å². The van der Waals surface area contributed by atoms with Crippen molar-refractivity contribution < 1.29 is 9.53 Å². The molecular formula is C14H24N2O2. The quantitative estimate of drug-likeness (QED) is 0.812. The van der Waals surface area contributed by atoms with Crippen LogP contribution in [-0.4, -0.2) is 49.7 Å². The molecule has 3 aliphatic rings. The minimum Gasteiger partial charge on any atom is -0.381 e. The smallest absolute Gasteiger partial charge is 0.228 e. The van der Waals surface area contributed by atoms with E-state index in [0.29, 0.717) is 18.6 Å². The Morgan fingerprint density at radius 1 is 1.17 bits per heavy atom. The number of nitrogens with one attached hydrogen (secondary N) is 1. The summed E-state index contributed by atoms with van der Waals surface area (Å²) in [5.41, 5.74) is 0. The normalized spacial score (nSPS) is 29.8. The minimum atomic E-state index is 0.140. The van der Waals surface area contributed by atoms with Crippen molar-refractivity contribution in [2.75, 3.05) is 32.8 Å². The van der Waals surface area contributed by atoms with Crippen molar-refractivity contribution in [3.05, 3.63) is 0 Å². The number of carbonyl (C=O) groups is 1. The van der Waals surface area contributed by atoms with Crippen molar-refractivity contribution in [1.82, 2.24) is 10.2 Å². The lowest BCUT2D eigenvalue weighted by molar-refractivity contribution is -0.136. The maximum atomic E-state index is 12.2. The second-order valence-electron chi connectivity index (χ2n) is 6.01. The van der Waals surface area contributed by atoms with Gasteiger partial charge in [-0.2, -0.15) is 0 Å². The van der Waals surface area contributed by atoms with Crippen LogP contribution in [0.4, 0.5) is 0 Å². The predicted octanol–water partition coefficient (Wildman–Crippen LogP) is 1.01. The summed E-state index contributed by atoms with van der Waals surface area (Å²) in [5, 5.41) is 3.65. The molecule has 0 radical (unpaired) electrons. The van der Waals surface area contributed by atoms with E-state index in [4.69, 9.17) is 4.74 Å². The monoisotopic (exact) mass is 252 g/mol. The van der Waals surface area contributed by atoms with Crippen LogP contribution in [0.25, 0.3) is 0 Å². The van der Waals surface area contributed by atoms with E-state index in [1.54, 1.807) is 0 Å². The van der Waals surface area contributed by atoms with Crippen LogP contribution in [0.2, 0.25) is 0 Å². The molecule has 0 bridgehead atoms. The maximum absolute atomic E-state index is 12.2. The molecule has 1 amide bonds. The number of ether oxygens (including phenoxy) is 1. The van der Waals surface area contributed by atoms with Gasteiger partial charge in [0.05, 0.1) is 12.5 Å². The van der Waals surface area contributed by atoms with Crippen LogP contribution in [0.15, 0.2) is 0 Å². The van der Waals surface area contributed by atoms with Crippen molar-refractivity contribution in [3.63, 3.8) is 0 Å². The lowest BCUT2D eigenvalue weighted by atomic mass is 10.0. The van der Waals surface area contributed by atoms with Gasteiger partial charge in [-0.3, -0.25) is 4.79 Å². The fourth-order valence-electron chi connectivity index (χ4n) is 2.95. The Labute approximate surface area is 109 Å². The van der Waals surface area contributed by atoms with Gasteiger partial charge in [-0.15, -0.1) is 0 Å². The lowest BCUT2D eigenvalue weighted by Crippen LogP contribution is -2.47. The van der Waals surface area contributed by atoms with E-state index >= 15 is 0 Å². The van der Waals surface area contributed by atoms with Crippen LogP contribution in [0, 0.1) is 11.8 Å². The molecule has 2 saturated heterocycles. The number of piperidine rings is 1. The average molecular weight is 252 g/mol. The van der Waals surface area contributed by atoms with Gasteiger partial charge in [-0.25, -0.2) is 0 Å². The van der Waals surface area contributed by atoms with Gasteiger partial charge in [0, 0.05) is 25.7 Å². The van der Waals surface area contributed by atoms with E-state index < -0.39 is 0 Å². The van der Waals surface area contributed by atoms with E-state index in [-0.39, 0.29) is 5.92 Å². The van der Waals surface area contributed by atoms with Crippen molar-refractivity contribution >= 4 is 5.91 Å². The molecule has 0 aromatic heterocycles. The van der Waals surface area contributed by atoms with Gasteiger partial charge in [-0.1, -0.05) is 0 Å². The largest absolute Gasteiger partial charge is 0.381 e. The molecule has 2 heterocycles. The fraction of sp³-hybridized carbons (Fsp3) is 0.929. The van der Waals surface area contributed by atoms with Gasteiger partial charge >= 0.3 is 0 Å². The topological polar surface area (TPSA) is 41.6 Å². The van der Waals surface area contributed by atoms with Crippen LogP contribution in [0.5, 0.6) is 0 Å². The minimum absolute atomic E-state index is 0.140. The number of rotatable bonds is 4. The summed E-state index contributed by atoms with van der Waals surface area (Å²) in [7, 11) is 0. The number of hydrogen-bond donors (Lipinski definition) is 1. The molecule has 0 aromatic rings. The van der Waals surface area contributed by atoms with Gasteiger partial charge < -0.3 is 15.0 Å². The second-order valence-corrected chi connectivity index (χ2v) is 6.01. The van der Waals surface area contributed by atoms with E-state index in [1.807, 2.05) is 0 Å². The molecule has 2 aliphatic heterocycles. The zero-order chi connectivity index (χ0) is 12.4. The van der Waals surface area contributed by atoms with E-state index in [2.05, 4.69) is 10.2 Å². The summed E-state index contributed by atoms with van der Waals surface area (Å²) in [5.74, 6) is 1.41. The third-order valence-electron chi connectivity index (χ3n) is 4.48. The Balaban J connectivity index is 1.39. The maximum Gasteiger partial charge on any atom is 0.228 e. The molecule has 0 aromatic carbocycles. The highest BCUT2D eigenvalue weighted by Gasteiger charge is 2.31. The zero-order valence-corrected chi connectivity index (χ0v) is 11.1. The highest BCUT2D eigenvalue weighted by atomic mass is 16.5. The van der Waals surface area contributed by atoms with Gasteiger partial charge in [0.1, 0.15) is 0 Å². The van der Waals surface area contributed by atoms with Crippen molar-refractivity contribution in [2.24, 2.45) is 11.8 Å². The van der Waals surface area contributed by atoms with Crippen molar-refractivity contribution in [2.45, 2.75) is 38.1 Å². The molecule has 1 unspecified atom stereocenters. The van der Waals surface area contributed by atoms with Crippen LogP contribution in [-0.2, 0) is 9.53 Å². The van der Waals surface area contributed by atoms with E-state index in [0.717, 1.165) is 44.9 Å². The summed E-state index contributed by atoms with van der Waals surface area (Å²) in [6, 6.07) is 0.634. The molecule has 4 nitrogen and oxygen atoms in total. The third-order valence-corrected chi connectivity index (χ3v) is 4.48. The Morgan fingerprint density at radius 3 is 2.56 bits per heavy atom. The van der Waals surface area contributed by atoms with Crippen molar-refractivity contribution in [3.8, 4) is 0 Å². The molecule has 3 rings (SSSR count). The number of likely N-dealkylation sites (tertiary alicyclic amines) is 1. The van der Waals surface area contributed by atoms with Gasteiger partial charge in [0.15, 0.2) is 0 Å². The molecule has 102 valence electrons. The van der Waals surface area contributed by atoms with Crippen LogP contribution in [0.1, 0.15) is 32.1 Å². The molecule has 0 spiro atoms. The first kappa shape index (κ1) is 12.4. The number of amides is 1. The summed E-state index contributed by atoms with van der Waals surface area (Å²) >= 11 is 0.